The first kappa shape index (κ1) is 11.6. The second-order valence-corrected chi connectivity index (χ2v) is 3.53. The van der Waals surface area contributed by atoms with Gasteiger partial charge in [-0.1, -0.05) is 13.8 Å². The van der Waals surface area contributed by atoms with E-state index in [1.54, 1.807) is 0 Å². The Morgan fingerprint density at radius 2 is 2.33 bits per heavy atom. The minimum atomic E-state index is -0.550. The molecule has 15 heavy (non-hydrogen) atoms. The summed E-state index contributed by atoms with van der Waals surface area (Å²) in [5.74, 6) is -0.731. The van der Waals surface area contributed by atoms with Crippen LogP contribution in [0.2, 0.25) is 0 Å². The van der Waals surface area contributed by atoms with E-state index in [0.29, 0.717) is 12.5 Å². The number of rotatable bonds is 4. The predicted molar refractivity (Wildman–Crippen MR) is 52.5 cm³/mol. The molecule has 1 amide bonds. The lowest BCUT2D eigenvalue weighted by molar-refractivity contribution is 0.0208. The fourth-order valence-corrected chi connectivity index (χ4v) is 0.869. The maximum atomic E-state index is 12.7. The van der Waals surface area contributed by atoms with Crippen LogP contribution in [0.15, 0.2) is 18.5 Å². The highest BCUT2D eigenvalue weighted by molar-refractivity contribution is 5.93. The van der Waals surface area contributed by atoms with Gasteiger partial charge in [0.2, 0.25) is 0 Å². The second kappa shape index (κ2) is 5.41. The van der Waals surface area contributed by atoms with Crippen molar-refractivity contribution in [3.8, 4) is 0 Å². The molecule has 1 aromatic heterocycles. The van der Waals surface area contributed by atoms with E-state index in [1.165, 1.54) is 6.20 Å². The topological polar surface area (TPSA) is 51.2 Å². The molecular formula is C10H13FN2O2. The number of hydroxylamine groups is 1. The molecule has 0 unspecified atom stereocenters. The molecule has 0 aromatic carbocycles. The van der Waals surface area contributed by atoms with Gasteiger partial charge in [0, 0.05) is 6.20 Å². The van der Waals surface area contributed by atoms with Crippen LogP contribution in [0, 0.1) is 11.7 Å². The number of nitrogens with one attached hydrogen (secondary N) is 1. The lowest BCUT2D eigenvalue weighted by Crippen LogP contribution is -2.25. The standard InChI is InChI=1S/C10H13FN2O2/c1-7(2)6-15-13-10(14)8-3-9(11)5-12-4-8/h3-5,7H,6H2,1-2H3,(H,13,14). The van der Waals surface area contributed by atoms with E-state index in [-0.39, 0.29) is 5.56 Å². The van der Waals surface area contributed by atoms with Crippen molar-refractivity contribution in [2.24, 2.45) is 5.92 Å². The minimum Gasteiger partial charge on any atom is -0.273 e. The van der Waals surface area contributed by atoms with Crippen LogP contribution in [-0.4, -0.2) is 17.5 Å². The molecule has 0 aliphatic heterocycles. The summed E-state index contributed by atoms with van der Waals surface area (Å²) < 4.78 is 12.7. The smallest absolute Gasteiger partial charge is 0.273 e. The summed E-state index contributed by atoms with van der Waals surface area (Å²) in [6.45, 7) is 4.32. The number of hydrogen-bond acceptors (Lipinski definition) is 3. The Labute approximate surface area is 87.4 Å². The van der Waals surface area contributed by atoms with E-state index in [0.717, 1.165) is 12.3 Å². The third kappa shape index (κ3) is 4.03. The monoisotopic (exact) mass is 212 g/mol. The average molecular weight is 212 g/mol. The SMILES string of the molecule is CC(C)CONC(=O)c1cncc(F)c1. The number of nitrogens with zero attached hydrogens (tertiary/aromatic N) is 1. The third-order valence-corrected chi connectivity index (χ3v) is 1.55. The summed E-state index contributed by atoms with van der Waals surface area (Å²) in [5.41, 5.74) is 2.35. The lowest BCUT2D eigenvalue weighted by atomic mass is 10.2. The third-order valence-electron chi connectivity index (χ3n) is 1.55. The van der Waals surface area contributed by atoms with Crippen molar-refractivity contribution in [2.45, 2.75) is 13.8 Å². The molecule has 4 nitrogen and oxygen atoms in total. The maximum Gasteiger partial charge on any atom is 0.276 e. The van der Waals surface area contributed by atoms with Gasteiger partial charge in [0.05, 0.1) is 18.4 Å². The Balaban J connectivity index is 2.47. The van der Waals surface area contributed by atoms with Crippen LogP contribution in [0.3, 0.4) is 0 Å². The first-order valence-corrected chi connectivity index (χ1v) is 4.62. The predicted octanol–water partition coefficient (Wildman–Crippen LogP) is 1.54. The summed E-state index contributed by atoms with van der Waals surface area (Å²) >= 11 is 0. The van der Waals surface area contributed by atoms with Gasteiger partial charge in [-0.25, -0.2) is 9.87 Å². The van der Waals surface area contributed by atoms with Crippen LogP contribution in [0.4, 0.5) is 4.39 Å². The van der Waals surface area contributed by atoms with E-state index in [4.69, 9.17) is 4.84 Å². The molecule has 1 aromatic rings. The molecule has 0 saturated heterocycles. The van der Waals surface area contributed by atoms with Crippen LogP contribution < -0.4 is 5.48 Å². The number of halogens is 1. The van der Waals surface area contributed by atoms with Crippen molar-refractivity contribution in [3.05, 3.63) is 29.8 Å². The number of aromatic nitrogens is 1. The van der Waals surface area contributed by atoms with E-state index in [1.807, 2.05) is 13.8 Å². The van der Waals surface area contributed by atoms with E-state index >= 15 is 0 Å². The number of amides is 1. The van der Waals surface area contributed by atoms with Crippen LogP contribution in [-0.2, 0) is 4.84 Å². The minimum absolute atomic E-state index is 0.138. The van der Waals surface area contributed by atoms with Gasteiger partial charge in [-0.3, -0.25) is 14.6 Å². The summed E-state index contributed by atoms with van der Waals surface area (Å²) in [6, 6.07) is 1.10. The van der Waals surface area contributed by atoms with Gasteiger partial charge in [-0.15, -0.1) is 0 Å². The van der Waals surface area contributed by atoms with Crippen molar-refractivity contribution < 1.29 is 14.0 Å². The average Bonchev–Trinajstić information content (AvgIpc) is 2.17. The summed E-state index contributed by atoms with van der Waals surface area (Å²) in [7, 11) is 0. The van der Waals surface area contributed by atoms with Gasteiger partial charge in [-0.2, -0.15) is 0 Å². The lowest BCUT2D eigenvalue weighted by Gasteiger charge is -2.07. The Hall–Kier alpha value is -1.49. The number of carbonyl (C=O) groups is 1. The quantitative estimate of drug-likeness (QED) is 0.770. The number of pyridine rings is 1. The summed E-state index contributed by atoms with van der Waals surface area (Å²) in [6.07, 6.45) is 2.31. The molecule has 0 saturated carbocycles. The van der Waals surface area contributed by atoms with Gasteiger partial charge in [0.1, 0.15) is 5.82 Å². The molecule has 1 rings (SSSR count). The van der Waals surface area contributed by atoms with Gasteiger partial charge in [-0.05, 0) is 12.0 Å². The molecule has 0 atom stereocenters. The zero-order valence-corrected chi connectivity index (χ0v) is 8.66. The molecule has 1 N–H and O–H groups in total. The highest BCUT2D eigenvalue weighted by Gasteiger charge is 2.07. The van der Waals surface area contributed by atoms with Crippen LogP contribution in [0.5, 0.6) is 0 Å². The fraction of sp³-hybridized carbons (Fsp3) is 0.400. The van der Waals surface area contributed by atoms with Crippen molar-refractivity contribution in [1.82, 2.24) is 10.5 Å². The Kier molecular flexibility index (Phi) is 4.17. The highest BCUT2D eigenvalue weighted by Crippen LogP contribution is 2.00. The Morgan fingerprint density at radius 3 is 2.93 bits per heavy atom. The second-order valence-electron chi connectivity index (χ2n) is 3.53. The van der Waals surface area contributed by atoms with Gasteiger partial charge in [0.25, 0.3) is 5.91 Å². The van der Waals surface area contributed by atoms with Gasteiger partial charge < -0.3 is 0 Å². The largest absolute Gasteiger partial charge is 0.276 e. The van der Waals surface area contributed by atoms with E-state index in [2.05, 4.69) is 10.5 Å². The first-order valence-electron chi connectivity index (χ1n) is 4.62. The van der Waals surface area contributed by atoms with Crippen LogP contribution >= 0.6 is 0 Å². The Morgan fingerprint density at radius 1 is 1.60 bits per heavy atom. The zero-order valence-electron chi connectivity index (χ0n) is 8.66. The van der Waals surface area contributed by atoms with Crippen molar-refractivity contribution in [2.75, 3.05) is 6.61 Å². The molecule has 1 heterocycles. The van der Waals surface area contributed by atoms with E-state index < -0.39 is 11.7 Å². The number of carbonyl (C=O) groups excluding carboxylic acids is 1. The molecule has 0 aliphatic carbocycles. The van der Waals surface area contributed by atoms with Crippen molar-refractivity contribution in [3.63, 3.8) is 0 Å². The van der Waals surface area contributed by atoms with Crippen molar-refractivity contribution >= 4 is 5.91 Å². The van der Waals surface area contributed by atoms with Gasteiger partial charge in [0.15, 0.2) is 0 Å². The molecule has 0 fully saturated rings. The van der Waals surface area contributed by atoms with Crippen molar-refractivity contribution in [1.29, 1.82) is 0 Å². The molecular weight excluding hydrogens is 199 g/mol. The maximum absolute atomic E-state index is 12.7. The number of hydrogen-bond donors (Lipinski definition) is 1. The Bertz CT molecular complexity index is 342. The normalized spacial score (nSPS) is 10.4. The molecule has 0 bridgehead atoms. The molecule has 0 radical (unpaired) electrons. The first-order chi connectivity index (χ1) is 7.09. The molecule has 82 valence electrons. The fourth-order valence-electron chi connectivity index (χ4n) is 0.869. The van der Waals surface area contributed by atoms with Crippen LogP contribution in [0.25, 0.3) is 0 Å². The van der Waals surface area contributed by atoms with Gasteiger partial charge >= 0.3 is 0 Å². The highest BCUT2D eigenvalue weighted by atomic mass is 19.1. The van der Waals surface area contributed by atoms with E-state index in [9.17, 15) is 9.18 Å². The molecule has 0 aliphatic rings. The summed E-state index contributed by atoms with van der Waals surface area (Å²) in [4.78, 5) is 19.8. The molecule has 0 spiro atoms. The zero-order chi connectivity index (χ0) is 11.3. The molecule has 5 heteroatoms. The van der Waals surface area contributed by atoms with Crippen LogP contribution in [0.1, 0.15) is 24.2 Å². The summed E-state index contributed by atoms with van der Waals surface area (Å²) in [5, 5.41) is 0.